The van der Waals surface area contributed by atoms with Gasteiger partial charge in [-0.15, -0.1) is 11.8 Å². The van der Waals surface area contributed by atoms with Crippen molar-refractivity contribution in [3.05, 3.63) is 46.6 Å². The summed E-state index contributed by atoms with van der Waals surface area (Å²) in [5, 5.41) is 4.55. The van der Waals surface area contributed by atoms with Crippen LogP contribution in [-0.2, 0) is 4.79 Å². The van der Waals surface area contributed by atoms with Gasteiger partial charge in [-0.2, -0.15) is 0 Å². The number of nitrogens with one attached hydrogen (secondary N) is 1. The summed E-state index contributed by atoms with van der Waals surface area (Å²) in [6.45, 7) is 0. The van der Waals surface area contributed by atoms with Crippen LogP contribution in [0.2, 0.25) is 10.0 Å². The summed E-state index contributed by atoms with van der Waals surface area (Å²) in [5.74, 6) is 0.489. The lowest BCUT2D eigenvalue weighted by Crippen LogP contribution is -2.12. The van der Waals surface area contributed by atoms with Crippen LogP contribution in [0.15, 0.2) is 41.6 Å². The maximum absolute atomic E-state index is 11.9. The van der Waals surface area contributed by atoms with Gasteiger partial charge in [0.05, 0.1) is 27.6 Å². The number of amides is 1. The van der Waals surface area contributed by atoms with Gasteiger partial charge in [0.25, 0.3) is 0 Å². The minimum absolute atomic E-state index is 0.123. The molecule has 7 heteroatoms. The van der Waals surface area contributed by atoms with Gasteiger partial charge in [-0.1, -0.05) is 23.2 Å². The van der Waals surface area contributed by atoms with Crippen LogP contribution >= 0.6 is 35.0 Å². The fourth-order valence-electron chi connectivity index (χ4n) is 1.53. The van der Waals surface area contributed by atoms with Crippen molar-refractivity contribution in [3.8, 4) is 0 Å². The summed E-state index contributed by atoms with van der Waals surface area (Å²) in [5.41, 5.74) is 6.69. The minimum atomic E-state index is -0.123. The summed E-state index contributed by atoms with van der Waals surface area (Å²) >= 11 is 13.3. The standard InChI is InChI=1S/C14H13Cl2N3OS/c15-9-1-3-11(16)12(7-9)19-13(20)5-6-21-14-4-2-10(17)8-18-14/h1-4,7-8H,5-6,17H2,(H,19,20). The highest BCUT2D eigenvalue weighted by atomic mass is 35.5. The fraction of sp³-hybridized carbons (Fsp3) is 0.143. The Bertz CT molecular complexity index is 635. The Kier molecular flexibility index (Phi) is 5.73. The molecule has 21 heavy (non-hydrogen) atoms. The molecule has 110 valence electrons. The number of hydrogen-bond acceptors (Lipinski definition) is 4. The first-order chi connectivity index (χ1) is 10.0. The van der Waals surface area contributed by atoms with Gasteiger partial charge in [0.1, 0.15) is 0 Å². The van der Waals surface area contributed by atoms with Gasteiger partial charge in [0.15, 0.2) is 0 Å². The van der Waals surface area contributed by atoms with E-state index in [2.05, 4.69) is 10.3 Å². The van der Waals surface area contributed by atoms with Crippen LogP contribution in [0.1, 0.15) is 6.42 Å². The average molecular weight is 342 g/mol. The number of benzene rings is 1. The van der Waals surface area contributed by atoms with Crippen LogP contribution < -0.4 is 11.1 Å². The number of thioether (sulfide) groups is 1. The number of carbonyl (C=O) groups is 1. The van der Waals surface area contributed by atoms with Gasteiger partial charge in [0.2, 0.25) is 5.91 Å². The summed E-state index contributed by atoms with van der Waals surface area (Å²) in [6.07, 6.45) is 1.94. The van der Waals surface area contributed by atoms with Crippen molar-refractivity contribution in [1.29, 1.82) is 0 Å². The lowest BCUT2D eigenvalue weighted by Gasteiger charge is -2.07. The maximum Gasteiger partial charge on any atom is 0.225 e. The summed E-state index contributed by atoms with van der Waals surface area (Å²) in [7, 11) is 0. The Morgan fingerprint density at radius 3 is 2.81 bits per heavy atom. The van der Waals surface area contributed by atoms with Gasteiger partial charge >= 0.3 is 0 Å². The third kappa shape index (κ3) is 5.12. The maximum atomic E-state index is 11.9. The summed E-state index contributed by atoms with van der Waals surface area (Å²) in [4.78, 5) is 16.0. The Balaban J connectivity index is 1.82. The van der Waals surface area contributed by atoms with Crippen LogP contribution in [-0.4, -0.2) is 16.6 Å². The molecule has 0 saturated heterocycles. The molecule has 0 aliphatic rings. The van der Waals surface area contributed by atoms with Gasteiger partial charge in [-0.3, -0.25) is 4.79 Å². The molecule has 0 radical (unpaired) electrons. The van der Waals surface area contributed by atoms with Gasteiger partial charge < -0.3 is 11.1 Å². The van der Waals surface area contributed by atoms with E-state index in [1.54, 1.807) is 30.5 Å². The second-order valence-corrected chi connectivity index (χ2v) is 6.16. The number of halogens is 2. The van der Waals surface area contributed by atoms with Crippen LogP contribution in [0.25, 0.3) is 0 Å². The number of rotatable bonds is 5. The second kappa shape index (κ2) is 7.54. The average Bonchev–Trinajstić information content (AvgIpc) is 2.45. The molecule has 0 spiro atoms. The zero-order chi connectivity index (χ0) is 15.2. The van der Waals surface area contributed by atoms with E-state index in [4.69, 9.17) is 28.9 Å². The number of anilines is 2. The number of nitrogens with two attached hydrogens (primary N) is 1. The SMILES string of the molecule is Nc1ccc(SCCC(=O)Nc2cc(Cl)ccc2Cl)nc1. The molecule has 1 aromatic carbocycles. The highest BCUT2D eigenvalue weighted by Crippen LogP contribution is 2.25. The topological polar surface area (TPSA) is 68.0 Å². The smallest absolute Gasteiger partial charge is 0.225 e. The number of nitrogens with zero attached hydrogens (tertiary/aromatic N) is 1. The third-order valence-electron chi connectivity index (χ3n) is 2.54. The molecule has 1 heterocycles. The Morgan fingerprint density at radius 2 is 2.10 bits per heavy atom. The van der Waals surface area contributed by atoms with Crippen molar-refractivity contribution in [2.45, 2.75) is 11.4 Å². The summed E-state index contributed by atoms with van der Waals surface area (Å²) < 4.78 is 0. The molecule has 0 saturated carbocycles. The van der Waals surface area contributed by atoms with Crippen molar-refractivity contribution in [1.82, 2.24) is 4.98 Å². The first-order valence-electron chi connectivity index (χ1n) is 6.14. The number of pyridine rings is 1. The van der Waals surface area contributed by atoms with E-state index in [0.717, 1.165) is 5.03 Å². The fourth-order valence-corrected chi connectivity index (χ4v) is 2.66. The third-order valence-corrected chi connectivity index (χ3v) is 4.05. The van der Waals surface area contributed by atoms with Crippen molar-refractivity contribution in [3.63, 3.8) is 0 Å². The van der Waals surface area contributed by atoms with E-state index in [0.29, 0.717) is 33.6 Å². The predicted octanol–water partition coefficient (Wildman–Crippen LogP) is 4.09. The first kappa shape index (κ1) is 15.9. The van der Waals surface area contributed by atoms with Crippen LogP contribution in [0.4, 0.5) is 11.4 Å². The largest absolute Gasteiger partial charge is 0.397 e. The van der Waals surface area contributed by atoms with E-state index >= 15 is 0 Å². The normalized spacial score (nSPS) is 10.4. The number of aromatic nitrogens is 1. The molecule has 3 N–H and O–H groups in total. The van der Waals surface area contributed by atoms with E-state index in [1.165, 1.54) is 11.8 Å². The van der Waals surface area contributed by atoms with Crippen molar-refractivity contribution in [2.75, 3.05) is 16.8 Å². The molecule has 0 unspecified atom stereocenters. The Hall–Kier alpha value is -1.43. The molecule has 2 rings (SSSR count). The zero-order valence-electron chi connectivity index (χ0n) is 11.0. The molecule has 1 aromatic heterocycles. The number of hydrogen-bond donors (Lipinski definition) is 2. The van der Waals surface area contributed by atoms with Crippen LogP contribution in [0.3, 0.4) is 0 Å². The van der Waals surface area contributed by atoms with Crippen molar-refractivity contribution in [2.24, 2.45) is 0 Å². The van der Waals surface area contributed by atoms with Crippen LogP contribution in [0, 0.1) is 0 Å². The van der Waals surface area contributed by atoms with E-state index in [-0.39, 0.29) is 5.91 Å². The van der Waals surface area contributed by atoms with Gasteiger partial charge in [0, 0.05) is 17.2 Å². The Morgan fingerprint density at radius 1 is 1.29 bits per heavy atom. The highest BCUT2D eigenvalue weighted by Gasteiger charge is 2.07. The van der Waals surface area contributed by atoms with E-state index < -0.39 is 0 Å². The molecular formula is C14H13Cl2N3OS. The predicted molar refractivity (Wildman–Crippen MR) is 89.1 cm³/mol. The lowest BCUT2D eigenvalue weighted by molar-refractivity contribution is -0.115. The van der Waals surface area contributed by atoms with Gasteiger partial charge in [-0.25, -0.2) is 4.98 Å². The first-order valence-corrected chi connectivity index (χ1v) is 7.88. The monoisotopic (exact) mass is 341 g/mol. The van der Waals surface area contributed by atoms with Crippen molar-refractivity contribution >= 4 is 52.2 Å². The quantitative estimate of drug-likeness (QED) is 0.803. The molecular weight excluding hydrogens is 329 g/mol. The van der Waals surface area contributed by atoms with Gasteiger partial charge in [-0.05, 0) is 30.3 Å². The molecule has 2 aromatic rings. The zero-order valence-corrected chi connectivity index (χ0v) is 13.3. The van der Waals surface area contributed by atoms with E-state index in [9.17, 15) is 4.79 Å². The summed E-state index contributed by atoms with van der Waals surface area (Å²) in [6, 6.07) is 8.54. The second-order valence-electron chi connectivity index (χ2n) is 4.20. The lowest BCUT2D eigenvalue weighted by atomic mass is 10.3. The molecule has 0 atom stereocenters. The molecule has 1 amide bonds. The van der Waals surface area contributed by atoms with Crippen molar-refractivity contribution < 1.29 is 4.79 Å². The molecule has 0 aliphatic carbocycles. The molecule has 0 bridgehead atoms. The number of carbonyl (C=O) groups excluding carboxylic acids is 1. The molecule has 0 fully saturated rings. The van der Waals surface area contributed by atoms with E-state index in [1.807, 2.05) is 6.07 Å². The molecule has 0 aliphatic heterocycles. The molecule has 4 nitrogen and oxygen atoms in total. The van der Waals surface area contributed by atoms with Crippen LogP contribution in [0.5, 0.6) is 0 Å². The number of nitrogen functional groups attached to an aromatic ring is 1. The Labute approximate surface area is 137 Å². The highest BCUT2D eigenvalue weighted by molar-refractivity contribution is 7.99. The minimum Gasteiger partial charge on any atom is -0.397 e.